The van der Waals surface area contributed by atoms with Gasteiger partial charge in [0.2, 0.25) is 5.91 Å². The summed E-state index contributed by atoms with van der Waals surface area (Å²) in [5, 5.41) is 4.05. The second-order valence-corrected chi connectivity index (χ2v) is 5.82. The molecule has 0 radical (unpaired) electrons. The summed E-state index contributed by atoms with van der Waals surface area (Å²) in [5.41, 5.74) is 0.958. The van der Waals surface area contributed by atoms with Gasteiger partial charge in [-0.3, -0.25) is 4.79 Å². The number of carbonyl (C=O) groups excluding carboxylic acids is 1. The Morgan fingerprint density at radius 1 is 1.35 bits per heavy atom. The molecule has 4 heteroatoms. The topological polar surface area (TPSA) is 32.3 Å². The number of carbonyl (C=O) groups is 1. The van der Waals surface area contributed by atoms with Gasteiger partial charge in [0.15, 0.2) is 0 Å². The van der Waals surface area contributed by atoms with E-state index in [1.54, 1.807) is 0 Å². The highest BCUT2D eigenvalue weighted by atomic mass is 35.5. The molecule has 0 saturated heterocycles. The first-order valence-corrected chi connectivity index (χ1v) is 7.80. The van der Waals surface area contributed by atoms with E-state index in [1.165, 1.54) is 6.42 Å². The first kappa shape index (κ1) is 15.3. The van der Waals surface area contributed by atoms with Crippen LogP contribution in [-0.2, 0) is 4.79 Å². The summed E-state index contributed by atoms with van der Waals surface area (Å²) in [6.45, 7) is 2.04. The molecule has 1 aliphatic carbocycles. The maximum Gasteiger partial charge on any atom is 0.227 e. The van der Waals surface area contributed by atoms with Crippen molar-refractivity contribution in [3.8, 4) is 0 Å². The molecule has 1 saturated carbocycles. The van der Waals surface area contributed by atoms with E-state index in [9.17, 15) is 4.79 Å². The lowest BCUT2D eigenvalue weighted by molar-refractivity contribution is -0.119. The van der Waals surface area contributed by atoms with Crippen LogP contribution in [-0.4, -0.2) is 25.0 Å². The van der Waals surface area contributed by atoms with Crippen LogP contribution in [0.2, 0.25) is 5.02 Å². The zero-order valence-corrected chi connectivity index (χ0v) is 13.0. The van der Waals surface area contributed by atoms with Crippen molar-refractivity contribution in [1.29, 1.82) is 0 Å². The number of amides is 1. The second kappa shape index (κ2) is 7.09. The average molecular weight is 295 g/mol. The third-order valence-corrected chi connectivity index (χ3v) is 4.27. The highest BCUT2D eigenvalue weighted by molar-refractivity contribution is 6.30. The van der Waals surface area contributed by atoms with Gasteiger partial charge in [-0.1, -0.05) is 18.5 Å². The van der Waals surface area contributed by atoms with Crippen LogP contribution in [0.25, 0.3) is 0 Å². The predicted molar refractivity (Wildman–Crippen MR) is 84.3 cm³/mol. The Hall–Kier alpha value is -1.06. The zero-order valence-electron chi connectivity index (χ0n) is 12.2. The van der Waals surface area contributed by atoms with Crippen LogP contribution >= 0.6 is 11.6 Å². The maximum absolute atomic E-state index is 12.5. The number of halogens is 1. The fourth-order valence-electron chi connectivity index (χ4n) is 3.04. The molecule has 1 amide bonds. The molecular weight excluding hydrogens is 272 g/mol. The van der Waals surface area contributed by atoms with Crippen LogP contribution in [0.15, 0.2) is 24.3 Å². The molecule has 2 unspecified atom stereocenters. The molecule has 1 aliphatic rings. The van der Waals surface area contributed by atoms with Crippen molar-refractivity contribution in [2.24, 2.45) is 0 Å². The molecule has 110 valence electrons. The molecule has 0 spiro atoms. The van der Waals surface area contributed by atoms with Gasteiger partial charge in [-0.05, 0) is 57.0 Å². The van der Waals surface area contributed by atoms with Gasteiger partial charge in [0.25, 0.3) is 0 Å². The fraction of sp³-hybridized carbons (Fsp3) is 0.562. The molecule has 2 atom stereocenters. The zero-order chi connectivity index (χ0) is 14.5. The summed E-state index contributed by atoms with van der Waals surface area (Å²) in [6, 6.07) is 8.23. The number of hydrogen-bond acceptors (Lipinski definition) is 2. The average Bonchev–Trinajstić information content (AvgIpc) is 2.90. The minimum atomic E-state index is 0.210. The van der Waals surface area contributed by atoms with Crippen LogP contribution in [0.3, 0.4) is 0 Å². The molecule has 0 heterocycles. The number of likely N-dealkylation sites (N-methyl/N-ethyl adjacent to an activating group) is 1. The third-order valence-electron chi connectivity index (χ3n) is 4.02. The minimum absolute atomic E-state index is 0.210. The highest BCUT2D eigenvalue weighted by Crippen LogP contribution is 2.30. The number of nitrogens with one attached hydrogen (secondary N) is 1. The van der Waals surface area contributed by atoms with Crippen molar-refractivity contribution in [2.45, 2.75) is 51.1 Å². The minimum Gasteiger partial charge on any atom is -0.315 e. The molecule has 0 bridgehead atoms. The van der Waals surface area contributed by atoms with Crippen molar-refractivity contribution in [3.05, 3.63) is 29.3 Å². The lowest BCUT2D eigenvalue weighted by Crippen LogP contribution is -2.48. The molecule has 3 nitrogen and oxygen atoms in total. The molecule has 1 aromatic carbocycles. The maximum atomic E-state index is 12.5. The molecule has 1 aromatic rings. The van der Waals surface area contributed by atoms with Gasteiger partial charge in [0, 0.05) is 23.2 Å². The van der Waals surface area contributed by atoms with E-state index in [1.807, 2.05) is 43.1 Å². The van der Waals surface area contributed by atoms with E-state index in [4.69, 9.17) is 11.6 Å². The summed E-state index contributed by atoms with van der Waals surface area (Å²) in [6.07, 6.45) is 4.82. The van der Waals surface area contributed by atoms with E-state index in [0.717, 1.165) is 24.9 Å². The lowest BCUT2D eigenvalue weighted by atomic mass is 10.1. The third kappa shape index (κ3) is 3.33. The van der Waals surface area contributed by atoms with Crippen molar-refractivity contribution < 1.29 is 4.79 Å². The van der Waals surface area contributed by atoms with Gasteiger partial charge in [-0.25, -0.2) is 0 Å². The van der Waals surface area contributed by atoms with E-state index in [-0.39, 0.29) is 11.9 Å². The number of anilines is 1. The molecule has 0 aromatic heterocycles. The van der Waals surface area contributed by atoms with E-state index < -0.39 is 0 Å². The molecule has 0 aliphatic heterocycles. The Morgan fingerprint density at radius 2 is 2.05 bits per heavy atom. The fourth-order valence-corrected chi connectivity index (χ4v) is 3.17. The van der Waals surface area contributed by atoms with Crippen molar-refractivity contribution >= 4 is 23.2 Å². The van der Waals surface area contributed by atoms with Gasteiger partial charge in [-0.15, -0.1) is 0 Å². The molecule has 1 fully saturated rings. The largest absolute Gasteiger partial charge is 0.315 e. The number of nitrogens with zero attached hydrogens (tertiary/aromatic N) is 1. The Bertz CT molecular complexity index is 446. The number of hydrogen-bond donors (Lipinski definition) is 1. The lowest BCUT2D eigenvalue weighted by Gasteiger charge is -2.33. The van der Waals surface area contributed by atoms with Crippen LogP contribution in [0.5, 0.6) is 0 Å². The van der Waals surface area contributed by atoms with Crippen LogP contribution in [0.4, 0.5) is 5.69 Å². The summed E-state index contributed by atoms with van der Waals surface area (Å²) in [7, 11) is 1.98. The Balaban J connectivity index is 2.29. The quantitative estimate of drug-likeness (QED) is 0.900. The second-order valence-electron chi connectivity index (χ2n) is 5.38. The van der Waals surface area contributed by atoms with Gasteiger partial charge >= 0.3 is 0 Å². The number of benzene rings is 1. The summed E-state index contributed by atoms with van der Waals surface area (Å²) < 4.78 is 0. The van der Waals surface area contributed by atoms with Gasteiger partial charge in [0.05, 0.1) is 6.04 Å². The highest BCUT2D eigenvalue weighted by Gasteiger charge is 2.34. The summed E-state index contributed by atoms with van der Waals surface area (Å²) >= 11 is 5.96. The summed E-state index contributed by atoms with van der Waals surface area (Å²) in [5.74, 6) is 0.210. The first-order valence-electron chi connectivity index (χ1n) is 7.42. The molecule has 20 heavy (non-hydrogen) atoms. The normalized spacial score (nSPS) is 21.9. The van der Waals surface area contributed by atoms with Gasteiger partial charge < -0.3 is 10.2 Å². The Morgan fingerprint density at radius 3 is 2.65 bits per heavy atom. The molecule has 1 N–H and O–H groups in total. The summed E-state index contributed by atoms with van der Waals surface area (Å²) in [4.78, 5) is 14.5. The Kier molecular flexibility index (Phi) is 5.44. The molecule has 2 rings (SSSR count). The first-order chi connectivity index (χ1) is 9.67. The van der Waals surface area contributed by atoms with Crippen molar-refractivity contribution in [2.75, 3.05) is 11.9 Å². The van der Waals surface area contributed by atoms with Crippen molar-refractivity contribution in [1.82, 2.24) is 5.32 Å². The van der Waals surface area contributed by atoms with E-state index in [2.05, 4.69) is 5.32 Å². The van der Waals surface area contributed by atoms with Gasteiger partial charge in [0.1, 0.15) is 0 Å². The standard InChI is InChI=1S/C16H23ClN2O/c1-3-5-16(20)19(13-10-8-12(17)9-11-13)15-7-4-6-14(15)18-2/h8-11,14-15,18H,3-7H2,1-2H3. The molecular formula is C16H23ClN2O. The van der Waals surface area contributed by atoms with Crippen LogP contribution < -0.4 is 10.2 Å². The van der Waals surface area contributed by atoms with Crippen LogP contribution in [0.1, 0.15) is 39.0 Å². The Labute approximate surface area is 126 Å². The van der Waals surface area contributed by atoms with Crippen molar-refractivity contribution in [3.63, 3.8) is 0 Å². The monoisotopic (exact) mass is 294 g/mol. The van der Waals surface area contributed by atoms with Crippen LogP contribution in [0, 0.1) is 0 Å². The smallest absolute Gasteiger partial charge is 0.227 e. The predicted octanol–water partition coefficient (Wildman–Crippen LogP) is 3.61. The SMILES string of the molecule is CCCC(=O)N(c1ccc(Cl)cc1)C1CCCC1NC. The number of rotatable bonds is 5. The van der Waals surface area contributed by atoms with Gasteiger partial charge in [-0.2, -0.15) is 0 Å². The van der Waals surface area contributed by atoms with E-state index >= 15 is 0 Å². The van der Waals surface area contributed by atoms with E-state index in [0.29, 0.717) is 17.5 Å².